The first kappa shape index (κ1) is 16.3. The minimum Gasteiger partial charge on any atom is -0.486 e. The van der Waals surface area contributed by atoms with E-state index >= 15 is 0 Å². The lowest BCUT2D eigenvalue weighted by Gasteiger charge is -2.37. The highest BCUT2D eigenvalue weighted by molar-refractivity contribution is 6.00. The molecule has 7 nitrogen and oxygen atoms in total. The average Bonchev–Trinajstić information content (AvgIpc) is 2.75. The number of hydrogen-bond acceptors (Lipinski definition) is 4. The third-order valence-corrected chi connectivity index (χ3v) is 4.66. The number of fused-ring (bicyclic) bond motifs is 1. The van der Waals surface area contributed by atoms with Crippen LogP contribution in [0.5, 0.6) is 5.75 Å². The SMILES string of the molecule is NC(=O)NCC(=O)N1CCCC2(CC1)CC(=O)c1ccccc1O2. The number of para-hydroxylation sites is 1. The van der Waals surface area contributed by atoms with Crippen LogP contribution in [0.4, 0.5) is 4.79 Å². The number of benzene rings is 1. The third-order valence-electron chi connectivity index (χ3n) is 4.66. The van der Waals surface area contributed by atoms with Gasteiger partial charge in [-0.1, -0.05) is 12.1 Å². The molecule has 0 bridgehead atoms. The first-order chi connectivity index (χ1) is 11.5. The largest absolute Gasteiger partial charge is 0.486 e. The van der Waals surface area contributed by atoms with Gasteiger partial charge in [0.2, 0.25) is 5.91 Å². The van der Waals surface area contributed by atoms with Gasteiger partial charge in [0.05, 0.1) is 18.5 Å². The fourth-order valence-electron chi connectivity index (χ4n) is 3.41. The smallest absolute Gasteiger partial charge is 0.312 e. The predicted molar refractivity (Wildman–Crippen MR) is 86.8 cm³/mol. The zero-order valence-electron chi connectivity index (χ0n) is 13.4. The Labute approximate surface area is 140 Å². The highest BCUT2D eigenvalue weighted by Gasteiger charge is 2.41. The molecule has 0 radical (unpaired) electrons. The topological polar surface area (TPSA) is 102 Å². The number of urea groups is 1. The Hall–Kier alpha value is -2.57. The van der Waals surface area contributed by atoms with Gasteiger partial charge in [-0.15, -0.1) is 0 Å². The van der Waals surface area contributed by atoms with Crippen LogP contribution in [0.1, 0.15) is 36.0 Å². The maximum absolute atomic E-state index is 12.4. The summed E-state index contributed by atoms with van der Waals surface area (Å²) in [5, 5.41) is 2.32. The van der Waals surface area contributed by atoms with Gasteiger partial charge < -0.3 is 20.7 Å². The Morgan fingerprint density at radius 1 is 1.25 bits per heavy atom. The summed E-state index contributed by atoms with van der Waals surface area (Å²) in [6.07, 6.45) is 2.40. The molecule has 3 amide bonds. The Bertz CT molecular complexity index is 676. The van der Waals surface area contributed by atoms with E-state index in [4.69, 9.17) is 10.5 Å². The number of carbonyl (C=O) groups is 3. The number of hydrogen-bond donors (Lipinski definition) is 2. The van der Waals surface area contributed by atoms with E-state index in [1.807, 2.05) is 18.2 Å². The molecule has 0 aromatic heterocycles. The molecule has 1 aromatic rings. The lowest BCUT2D eigenvalue weighted by Crippen LogP contribution is -2.45. The molecule has 1 aromatic carbocycles. The van der Waals surface area contributed by atoms with E-state index in [-0.39, 0.29) is 18.2 Å². The number of ether oxygens (including phenoxy) is 1. The molecule has 1 spiro atoms. The van der Waals surface area contributed by atoms with E-state index < -0.39 is 11.6 Å². The van der Waals surface area contributed by atoms with Crippen molar-refractivity contribution in [1.82, 2.24) is 10.2 Å². The number of rotatable bonds is 2. The van der Waals surface area contributed by atoms with Crippen LogP contribution in [0.2, 0.25) is 0 Å². The summed E-state index contributed by atoms with van der Waals surface area (Å²) >= 11 is 0. The number of likely N-dealkylation sites (tertiary alicyclic amines) is 1. The van der Waals surface area contributed by atoms with Crippen molar-refractivity contribution < 1.29 is 19.1 Å². The lowest BCUT2D eigenvalue weighted by atomic mass is 9.84. The first-order valence-corrected chi connectivity index (χ1v) is 8.11. The molecule has 2 heterocycles. The van der Waals surface area contributed by atoms with Crippen LogP contribution in [0.3, 0.4) is 0 Å². The first-order valence-electron chi connectivity index (χ1n) is 8.11. The van der Waals surface area contributed by atoms with Crippen molar-refractivity contribution in [3.63, 3.8) is 0 Å². The summed E-state index contributed by atoms with van der Waals surface area (Å²) in [7, 11) is 0. The maximum Gasteiger partial charge on any atom is 0.312 e. The van der Waals surface area contributed by atoms with Gasteiger partial charge in [-0.05, 0) is 25.0 Å². The molecule has 24 heavy (non-hydrogen) atoms. The van der Waals surface area contributed by atoms with E-state index in [1.54, 1.807) is 11.0 Å². The molecule has 1 unspecified atom stereocenters. The molecule has 0 saturated carbocycles. The summed E-state index contributed by atoms with van der Waals surface area (Å²) in [4.78, 5) is 37.0. The molecule has 1 atom stereocenters. The highest BCUT2D eigenvalue weighted by Crippen LogP contribution is 2.39. The molecule has 1 saturated heterocycles. The van der Waals surface area contributed by atoms with Gasteiger partial charge in [-0.25, -0.2) is 4.79 Å². The summed E-state index contributed by atoms with van der Waals surface area (Å²) in [6, 6.07) is 6.57. The normalized spacial score (nSPS) is 23.2. The third kappa shape index (κ3) is 3.34. The number of Topliss-reactive ketones (excluding diaryl/α,β-unsaturated/α-hetero) is 1. The van der Waals surface area contributed by atoms with Crippen LogP contribution in [-0.4, -0.2) is 47.9 Å². The molecule has 2 aliphatic rings. The van der Waals surface area contributed by atoms with E-state index in [1.165, 1.54) is 0 Å². The predicted octanol–water partition coefficient (Wildman–Crippen LogP) is 1.07. The fraction of sp³-hybridized carbons (Fsp3) is 0.471. The second-order valence-corrected chi connectivity index (χ2v) is 6.33. The molecule has 1 fully saturated rings. The van der Waals surface area contributed by atoms with Crippen LogP contribution in [0.15, 0.2) is 24.3 Å². The zero-order valence-corrected chi connectivity index (χ0v) is 13.4. The van der Waals surface area contributed by atoms with Crippen LogP contribution in [0, 0.1) is 0 Å². The lowest BCUT2D eigenvalue weighted by molar-refractivity contribution is -0.130. The van der Waals surface area contributed by atoms with Crippen LogP contribution < -0.4 is 15.8 Å². The number of nitrogens with two attached hydrogens (primary N) is 1. The fourth-order valence-corrected chi connectivity index (χ4v) is 3.41. The summed E-state index contributed by atoms with van der Waals surface area (Å²) in [5.74, 6) is 0.546. The van der Waals surface area contributed by atoms with Crippen molar-refractivity contribution in [2.75, 3.05) is 19.6 Å². The van der Waals surface area contributed by atoms with Crippen molar-refractivity contribution in [3.05, 3.63) is 29.8 Å². The summed E-state index contributed by atoms with van der Waals surface area (Å²) in [5.41, 5.74) is 5.08. The number of nitrogens with one attached hydrogen (secondary N) is 1. The monoisotopic (exact) mass is 331 g/mol. The molecular weight excluding hydrogens is 310 g/mol. The van der Waals surface area contributed by atoms with Gasteiger partial charge >= 0.3 is 6.03 Å². The van der Waals surface area contributed by atoms with Gasteiger partial charge in [-0.2, -0.15) is 0 Å². The molecule has 128 valence electrons. The number of primary amides is 1. The van der Waals surface area contributed by atoms with Gasteiger partial charge in [0.1, 0.15) is 11.4 Å². The summed E-state index contributed by atoms with van der Waals surface area (Å²) in [6.45, 7) is 0.972. The Morgan fingerprint density at radius 3 is 2.83 bits per heavy atom. The minimum atomic E-state index is -0.715. The van der Waals surface area contributed by atoms with Crippen molar-refractivity contribution in [2.24, 2.45) is 5.73 Å². The highest BCUT2D eigenvalue weighted by atomic mass is 16.5. The second kappa shape index (κ2) is 6.51. The molecule has 0 aliphatic carbocycles. The van der Waals surface area contributed by atoms with Gasteiger partial charge in [0.15, 0.2) is 5.78 Å². The average molecular weight is 331 g/mol. The Balaban J connectivity index is 1.68. The van der Waals surface area contributed by atoms with E-state index in [2.05, 4.69) is 5.32 Å². The van der Waals surface area contributed by atoms with Gasteiger partial charge in [0, 0.05) is 19.5 Å². The van der Waals surface area contributed by atoms with Crippen LogP contribution in [-0.2, 0) is 4.79 Å². The number of amides is 3. The summed E-state index contributed by atoms with van der Waals surface area (Å²) < 4.78 is 6.19. The van der Waals surface area contributed by atoms with Crippen molar-refractivity contribution in [3.8, 4) is 5.75 Å². The van der Waals surface area contributed by atoms with E-state index in [0.29, 0.717) is 37.2 Å². The zero-order chi connectivity index (χ0) is 17.2. The Kier molecular flexibility index (Phi) is 4.42. The standard InChI is InChI=1S/C17H21N3O4/c18-16(23)19-11-15(22)20-8-3-6-17(7-9-20)10-13(21)12-4-1-2-5-14(12)24-17/h1-2,4-5H,3,6-11H2,(H3,18,19,23). The maximum atomic E-state index is 12.4. The second-order valence-electron chi connectivity index (χ2n) is 6.33. The number of ketones is 1. The van der Waals surface area contributed by atoms with Gasteiger partial charge in [0.25, 0.3) is 0 Å². The van der Waals surface area contributed by atoms with Crippen molar-refractivity contribution in [1.29, 1.82) is 0 Å². The Morgan fingerprint density at radius 2 is 2.04 bits per heavy atom. The van der Waals surface area contributed by atoms with Crippen LogP contribution >= 0.6 is 0 Å². The van der Waals surface area contributed by atoms with E-state index in [9.17, 15) is 14.4 Å². The quantitative estimate of drug-likeness (QED) is 0.846. The molecule has 3 N–H and O–H groups in total. The molecule has 7 heteroatoms. The number of nitrogens with zero attached hydrogens (tertiary/aromatic N) is 1. The number of carbonyl (C=O) groups excluding carboxylic acids is 3. The van der Waals surface area contributed by atoms with Crippen molar-refractivity contribution >= 4 is 17.7 Å². The molecule has 3 rings (SSSR count). The van der Waals surface area contributed by atoms with Crippen molar-refractivity contribution in [2.45, 2.75) is 31.3 Å². The van der Waals surface area contributed by atoms with Gasteiger partial charge in [-0.3, -0.25) is 9.59 Å². The molecule has 2 aliphatic heterocycles. The van der Waals surface area contributed by atoms with Crippen LogP contribution in [0.25, 0.3) is 0 Å². The molecular formula is C17H21N3O4. The van der Waals surface area contributed by atoms with E-state index in [0.717, 1.165) is 12.8 Å². The minimum absolute atomic E-state index is 0.0898.